The van der Waals surface area contributed by atoms with Crippen LogP contribution >= 0.6 is 22.6 Å². The fourth-order valence-electron chi connectivity index (χ4n) is 3.94. The van der Waals surface area contributed by atoms with Crippen molar-refractivity contribution < 1.29 is 32.9 Å². The maximum atomic E-state index is 13.5. The summed E-state index contributed by atoms with van der Waals surface area (Å²) in [6.45, 7) is 4.71. The van der Waals surface area contributed by atoms with E-state index >= 15 is 0 Å². The number of benzene rings is 3. The Morgan fingerprint density at radius 3 is 1.93 bits per heavy atom. The third-order valence-corrected chi connectivity index (χ3v) is 6.48. The number of alkyl halides is 1. The van der Waals surface area contributed by atoms with E-state index in [0.29, 0.717) is 81.1 Å². The van der Waals surface area contributed by atoms with Crippen LogP contribution in [0.5, 0.6) is 5.75 Å². The van der Waals surface area contributed by atoms with Crippen molar-refractivity contribution in [1.82, 2.24) is 9.78 Å². The van der Waals surface area contributed by atoms with Crippen LogP contribution in [0, 0.1) is 5.82 Å². The summed E-state index contributed by atoms with van der Waals surface area (Å²) in [5.74, 6) is -0.0411. The highest BCUT2D eigenvalue weighted by molar-refractivity contribution is 14.1. The number of anilines is 1. The van der Waals surface area contributed by atoms with Crippen molar-refractivity contribution in [3.8, 4) is 22.7 Å². The molecule has 1 heterocycles. The van der Waals surface area contributed by atoms with Crippen molar-refractivity contribution in [3.63, 3.8) is 0 Å². The molecule has 1 amide bonds. The smallest absolute Gasteiger partial charge is 0.259 e. The minimum absolute atomic E-state index is 0.335. The summed E-state index contributed by atoms with van der Waals surface area (Å²) < 4.78 is 43.7. The van der Waals surface area contributed by atoms with Crippen LogP contribution in [0.4, 0.5) is 10.1 Å². The molecule has 0 aliphatic heterocycles. The molecular weight excluding hydrogens is 668 g/mol. The molecule has 0 radical (unpaired) electrons. The van der Waals surface area contributed by atoms with Crippen LogP contribution in [-0.4, -0.2) is 79.6 Å². The monoisotopic (exact) mass is 703 g/mol. The molecule has 4 aromatic rings. The van der Waals surface area contributed by atoms with Crippen molar-refractivity contribution in [2.45, 2.75) is 0 Å². The average Bonchev–Trinajstić information content (AvgIpc) is 3.49. The molecule has 3 aromatic carbocycles. The summed E-state index contributed by atoms with van der Waals surface area (Å²) in [5, 5.41) is 7.54. The molecule has 4 rings (SSSR count). The molecule has 0 bridgehead atoms. The van der Waals surface area contributed by atoms with Crippen LogP contribution in [0.15, 0.2) is 85.1 Å². The molecule has 43 heavy (non-hydrogen) atoms. The molecule has 1 aromatic heterocycles. The minimum atomic E-state index is -0.360. The summed E-state index contributed by atoms with van der Waals surface area (Å²) in [6, 6.07) is 22.5. The number of halogens is 2. The largest absolute Gasteiger partial charge is 0.491 e. The van der Waals surface area contributed by atoms with Crippen molar-refractivity contribution in [2.75, 3.05) is 69.2 Å². The zero-order valence-electron chi connectivity index (χ0n) is 23.8. The van der Waals surface area contributed by atoms with Crippen LogP contribution in [0.1, 0.15) is 10.4 Å². The first kappa shape index (κ1) is 32.6. The number of amides is 1. The fraction of sp³-hybridized carbons (Fsp3) is 0.312. The summed E-state index contributed by atoms with van der Waals surface area (Å²) in [5.41, 5.74) is 2.85. The summed E-state index contributed by atoms with van der Waals surface area (Å²) in [6.07, 6.45) is 1.67. The molecule has 0 atom stereocenters. The quantitative estimate of drug-likeness (QED) is 0.0749. The first-order valence-electron chi connectivity index (χ1n) is 14.0. The lowest BCUT2D eigenvalue weighted by molar-refractivity contribution is -0.00308. The van der Waals surface area contributed by atoms with Gasteiger partial charge in [-0.2, -0.15) is 5.10 Å². The highest BCUT2D eigenvalue weighted by Crippen LogP contribution is 2.25. The molecule has 0 aliphatic rings. The molecule has 0 fully saturated rings. The van der Waals surface area contributed by atoms with Crippen molar-refractivity contribution in [1.29, 1.82) is 0 Å². The summed E-state index contributed by atoms with van der Waals surface area (Å²) in [7, 11) is 0. The van der Waals surface area contributed by atoms with Crippen LogP contribution in [0.25, 0.3) is 16.9 Å². The number of rotatable bonds is 19. The molecule has 11 heteroatoms. The zero-order chi connectivity index (χ0) is 30.1. The number of carbonyl (C=O) groups is 1. The Morgan fingerprint density at radius 2 is 1.33 bits per heavy atom. The van der Waals surface area contributed by atoms with Crippen molar-refractivity contribution in [3.05, 3.63) is 96.4 Å². The van der Waals surface area contributed by atoms with Gasteiger partial charge >= 0.3 is 0 Å². The number of ether oxygens (including phenoxy) is 5. The third-order valence-electron chi connectivity index (χ3n) is 6.04. The van der Waals surface area contributed by atoms with Crippen LogP contribution < -0.4 is 10.1 Å². The van der Waals surface area contributed by atoms with Gasteiger partial charge in [-0.1, -0.05) is 40.8 Å². The summed E-state index contributed by atoms with van der Waals surface area (Å²) >= 11 is 2.27. The van der Waals surface area contributed by atoms with E-state index in [4.69, 9.17) is 23.7 Å². The van der Waals surface area contributed by atoms with Crippen molar-refractivity contribution in [2.24, 2.45) is 0 Å². The minimum Gasteiger partial charge on any atom is -0.491 e. The second-order valence-corrected chi connectivity index (χ2v) is 10.2. The van der Waals surface area contributed by atoms with Crippen LogP contribution in [-0.2, 0) is 18.9 Å². The molecule has 0 saturated heterocycles. The van der Waals surface area contributed by atoms with Gasteiger partial charge in [-0.3, -0.25) is 4.79 Å². The Bertz CT molecular complexity index is 1370. The lowest BCUT2D eigenvalue weighted by Crippen LogP contribution is -2.14. The first-order chi connectivity index (χ1) is 21.1. The SMILES string of the molecule is O=C(Nc1ccc(OCCOCCOCCOCCOCCI)cc1)c1cn(-c2ccccc2)nc1-c1ccc(F)cc1. The number of nitrogens with zero attached hydrogens (tertiary/aromatic N) is 2. The van der Waals surface area contributed by atoms with E-state index < -0.39 is 0 Å². The maximum Gasteiger partial charge on any atom is 0.259 e. The highest BCUT2D eigenvalue weighted by Gasteiger charge is 2.19. The van der Waals surface area contributed by atoms with Gasteiger partial charge < -0.3 is 29.0 Å². The normalized spacial score (nSPS) is 11.0. The summed E-state index contributed by atoms with van der Waals surface area (Å²) in [4.78, 5) is 13.3. The number of hydrogen-bond acceptors (Lipinski definition) is 7. The lowest BCUT2D eigenvalue weighted by Gasteiger charge is -2.09. The number of hydrogen-bond donors (Lipinski definition) is 1. The van der Waals surface area contributed by atoms with E-state index in [2.05, 4.69) is 33.0 Å². The Kier molecular flexibility index (Phi) is 13.9. The van der Waals surface area contributed by atoms with Gasteiger partial charge in [0.25, 0.3) is 5.91 Å². The Hall–Kier alpha value is -3.36. The highest BCUT2D eigenvalue weighted by atomic mass is 127. The van der Waals surface area contributed by atoms with Gasteiger partial charge in [-0.25, -0.2) is 9.07 Å². The molecule has 1 N–H and O–H groups in total. The predicted molar refractivity (Wildman–Crippen MR) is 171 cm³/mol. The Labute approximate surface area is 264 Å². The van der Waals surface area contributed by atoms with Crippen LogP contribution in [0.2, 0.25) is 0 Å². The average molecular weight is 704 g/mol. The van der Waals surface area contributed by atoms with E-state index in [-0.39, 0.29) is 11.7 Å². The lowest BCUT2D eigenvalue weighted by atomic mass is 10.1. The Balaban J connectivity index is 1.20. The fourth-order valence-corrected chi connectivity index (χ4v) is 4.25. The number of nitrogens with one attached hydrogen (secondary N) is 1. The van der Waals surface area contributed by atoms with E-state index in [0.717, 1.165) is 16.7 Å². The predicted octanol–water partition coefficient (Wildman–Crippen LogP) is 5.81. The van der Waals surface area contributed by atoms with Gasteiger partial charge in [0.05, 0.1) is 64.1 Å². The molecule has 228 valence electrons. The zero-order valence-corrected chi connectivity index (χ0v) is 25.9. The number of carbonyl (C=O) groups excluding carboxylic acids is 1. The van der Waals surface area contributed by atoms with Crippen LogP contribution in [0.3, 0.4) is 0 Å². The third kappa shape index (κ3) is 11.0. The molecule has 0 saturated carbocycles. The Morgan fingerprint density at radius 1 is 0.744 bits per heavy atom. The first-order valence-corrected chi connectivity index (χ1v) is 15.5. The molecular formula is C32H35FIN3O6. The van der Waals surface area contributed by atoms with Gasteiger partial charge in [-0.05, 0) is 60.7 Å². The van der Waals surface area contributed by atoms with Gasteiger partial charge in [0.15, 0.2) is 0 Å². The van der Waals surface area contributed by atoms with Gasteiger partial charge in [0, 0.05) is 21.9 Å². The second kappa shape index (κ2) is 18.3. The van der Waals surface area contributed by atoms with E-state index in [1.165, 1.54) is 12.1 Å². The standard InChI is InChI=1S/C32H35FIN3O6/c33-26-8-6-25(7-9-26)31-30(24-37(36-31)28-4-2-1-3-5-28)32(38)35-27-10-12-29(13-11-27)43-23-22-42-21-20-41-19-18-40-17-16-39-15-14-34/h1-13,24H,14-23H2,(H,35,38). The number of para-hydroxylation sites is 1. The van der Waals surface area contributed by atoms with Gasteiger partial charge in [0.2, 0.25) is 0 Å². The van der Waals surface area contributed by atoms with Gasteiger partial charge in [0.1, 0.15) is 23.9 Å². The van der Waals surface area contributed by atoms with E-state index in [1.807, 2.05) is 30.3 Å². The maximum absolute atomic E-state index is 13.5. The van der Waals surface area contributed by atoms with E-state index in [1.54, 1.807) is 47.3 Å². The molecule has 0 aliphatic carbocycles. The number of aromatic nitrogens is 2. The second-order valence-electron chi connectivity index (χ2n) is 9.14. The molecule has 0 unspecified atom stereocenters. The van der Waals surface area contributed by atoms with Crippen molar-refractivity contribution >= 4 is 34.2 Å². The molecule has 9 nitrogen and oxygen atoms in total. The van der Waals surface area contributed by atoms with E-state index in [9.17, 15) is 9.18 Å². The van der Waals surface area contributed by atoms with Gasteiger partial charge in [-0.15, -0.1) is 0 Å². The molecule has 0 spiro atoms. The topological polar surface area (TPSA) is 93.1 Å².